The molecule has 0 spiro atoms. The molecule has 3 rings (SSSR count). The highest BCUT2D eigenvalue weighted by Gasteiger charge is 2.39. The maximum absolute atomic E-state index is 13.5. The largest absolute Gasteiger partial charge is 0.478 e. The van der Waals surface area contributed by atoms with Crippen molar-refractivity contribution in [3.8, 4) is 5.75 Å². The number of amides is 3. The normalized spacial score (nSPS) is 19.1. The molecule has 0 saturated carbocycles. The topological polar surface area (TPSA) is 76.2 Å². The van der Waals surface area contributed by atoms with E-state index in [1.807, 2.05) is 0 Å². The standard InChI is InChI=1S/C16H17FN2O5/c1-10(24-13-5-3-2-4-12(13)17)15(21)18-6-11(7-18)8-19-14(20)9-23-16(19)22/h2-5,10-11H,6-9H2,1H3. The predicted octanol–water partition coefficient (Wildman–Crippen LogP) is 1.03. The zero-order valence-electron chi connectivity index (χ0n) is 13.1. The molecule has 1 unspecified atom stereocenters. The van der Waals surface area contributed by atoms with Gasteiger partial charge >= 0.3 is 6.09 Å². The first-order valence-corrected chi connectivity index (χ1v) is 7.63. The number of ether oxygens (including phenoxy) is 2. The van der Waals surface area contributed by atoms with E-state index in [1.54, 1.807) is 24.0 Å². The van der Waals surface area contributed by atoms with Gasteiger partial charge in [0, 0.05) is 25.6 Å². The smallest absolute Gasteiger partial charge is 0.417 e. The van der Waals surface area contributed by atoms with Gasteiger partial charge in [0.25, 0.3) is 11.8 Å². The van der Waals surface area contributed by atoms with Crippen molar-refractivity contribution in [3.63, 3.8) is 0 Å². The summed E-state index contributed by atoms with van der Waals surface area (Å²) in [6.45, 7) is 2.41. The van der Waals surface area contributed by atoms with Crippen LogP contribution < -0.4 is 4.74 Å². The number of cyclic esters (lactones) is 1. The van der Waals surface area contributed by atoms with E-state index in [0.29, 0.717) is 13.1 Å². The van der Waals surface area contributed by atoms with Crippen LogP contribution in [0.25, 0.3) is 0 Å². The van der Waals surface area contributed by atoms with Crippen LogP contribution in [0.15, 0.2) is 24.3 Å². The second-order valence-electron chi connectivity index (χ2n) is 5.86. The number of nitrogens with zero attached hydrogens (tertiary/aromatic N) is 2. The van der Waals surface area contributed by atoms with Gasteiger partial charge in [-0.2, -0.15) is 0 Å². The molecule has 2 heterocycles. The molecule has 3 amide bonds. The van der Waals surface area contributed by atoms with Crippen LogP contribution >= 0.6 is 0 Å². The van der Waals surface area contributed by atoms with E-state index in [4.69, 9.17) is 4.74 Å². The van der Waals surface area contributed by atoms with Gasteiger partial charge in [-0.25, -0.2) is 14.1 Å². The molecule has 2 saturated heterocycles. The zero-order chi connectivity index (χ0) is 17.3. The Kier molecular flexibility index (Phi) is 4.37. The van der Waals surface area contributed by atoms with Gasteiger partial charge in [0.2, 0.25) is 0 Å². The summed E-state index contributed by atoms with van der Waals surface area (Å²) in [6.07, 6.45) is -1.46. The van der Waals surface area contributed by atoms with Crippen LogP contribution in [0.3, 0.4) is 0 Å². The Balaban J connectivity index is 1.48. The van der Waals surface area contributed by atoms with E-state index in [-0.39, 0.29) is 36.6 Å². The molecule has 2 aliphatic heterocycles. The predicted molar refractivity (Wildman–Crippen MR) is 79.6 cm³/mol. The van der Waals surface area contributed by atoms with Crippen molar-refractivity contribution >= 4 is 17.9 Å². The van der Waals surface area contributed by atoms with Crippen LogP contribution in [-0.2, 0) is 14.3 Å². The number of carbonyl (C=O) groups is 3. The summed E-state index contributed by atoms with van der Waals surface area (Å²) in [4.78, 5) is 37.7. The van der Waals surface area contributed by atoms with Gasteiger partial charge in [0.05, 0.1) is 0 Å². The quantitative estimate of drug-likeness (QED) is 0.803. The lowest BCUT2D eigenvalue weighted by Gasteiger charge is -2.41. The van der Waals surface area contributed by atoms with E-state index < -0.39 is 18.0 Å². The third-order valence-corrected chi connectivity index (χ3v) is 4.04. The highest BCUT2D eigenvalue weighted by molar-refractivity contribution is 5.97. The van der Waals surface area contributed by atoms with Crippen LogP contribution in [0.2, 0.25) is 0 Å². The minimum absolute atomic E-state index is 0.0178. The zero-order valence-corrected chi connectivity index (χ0v) is 13.1. The number of halogens is 1. The third kappa shape index (κ3) is 3.17. The highest BCUT2D eigenvalue weighted by Crippen LogP contribution is 2.22. The van der Waals surface area contributed by atoms with Crippen molar-refractivity contribution in [2.45, 2.75) is 13.0 Å². The molecule has 1 aromatic carbocycles. The number of carbonyl (C=O) groups excluding carboxylic acids is 3. The summed E-state index contributed by atoms with van der Waals surface area (Å²) in [5.41, 5.74) is 0. The van der Waals surface area contributed by atoms with Crippen molar-refractivity contribution in [2.75, 3.05) is 26.2 Å². The Bertz CT molecular complexity index is 658. The molecule has 128 valence electrons. The summed E-state index contributed by atoms with van der Waals surface area (Å²) in [5, 5.41) is 0. The molecule has 0 aromatic heterocycles. The lowest BCUT2D eigenvalue weighted by molar-refractivity contribution is -0.145. The highest BCUT2D eigenvalue weighted by atomic mass is 19.1. The molecule has 0 aliphatic carbocycles. The van der Waals surface area contributed by atoms with Gasteiger partial charge in [-0.15, -0.1) is 0 Å². The van der Waals surface area contributed by atoms with E-state index in [0.717, 1.165) is 4.90 Å². The van der Waals surface area contributed by atoms with Crippen LogP contribution in [0, 0.1) is 11.7 Å². The number of hydrogen-bond acceptors (Lipinski definition) is 5. The molecule has 0 N–H and O–H groups in total. The van der Waals surface area contributed by atoms with Crippen LogP contribution in [0.5, 0.6) is 5.75 Å². The Morgan fingerprint density at radius 1 is 1.38 bits per heavy atom. The fraction of sp³-hybridized carbons (Fsp3) is 0.438. The van der Waals surface area contributed by atoms with Gasteiger partial charge in [-0.3, -0.25) is 9.59 Å². The van der Waals surface area contributed by atoms with Gasteiger partial charge in [0.1, 0.15) is 0 Å². The van der Waals surface area contributed by atoms with Crippen molar-refractivity contribution in [1.29, 1.82) is 0 Å². The van der Waals surface area contributed by atoms with E-state index in [1.165, 1.54) is 12.1 Å². The summed E-state index contributed by atoms with van der Waals surface area (Å²) in [5.74, 6) is -1.10. The lowest BCUT2D eigenvalue weighted by atomic mass is 9.99. The summed E-state index contributed by atoms with van der Waals surface area (Å²) >= 11 is 0. The second-order valence-corrected chi connectivity index (χ2v) is 5.86. The number of para-hydroxylation sites is 1. The fourth-order valence-corrected chi connectivity index (χ4v) is 2.72. The van der Waals surface area contributed by atoms with Crippen LogP contribution in [0.4, 0.5) is 9.18 Å². The number of imide groups is 1. The fourth-order valence-electron chi connectivity index (χ4n) is 2.72. The molecule has 0 radical (unpaired) electrons. The average Bonchev–Trinajstić information content (AvgIpc) is 2.83. The molecular weight excluding hydrogens is 319 g/mol. The molecule has 24 heavy (non-hydrogen) atoms. The molecular formula is C16H17FN2O5. The average molecular weight is 336 g/mol. The SMILES string of the molecule is CC(Oc1ccccc1F)C(=O)N1CC(CN2C(=O)COC2=O)C1. The van der Waals surface area contributed by atoms with E-state index >= 15 is 0 Å². The molecule has 7 nitrogen and oxygen atoms in total. The van der Waals surface area contributed by atoms with Gasteiger partial charge in [0.15, 0.2) is 24.3 Å². The Hall–Kier alpha value is -2.64. The number of rotatable bonds is 5. The maximum atomic E-state index is 13.5. The molecule has 8 heteroatoms. The van der Waals surface area contributed by atoms with Crippen molar-refractivity contribution in [1.82, 2.24) is 9.80 Å². The molecule has 1 aromatic rings. The molecule has 1 atom stereocenters. The summed E-state index contributed by atoms with van der Waals surface area (Å²) in [6, 6.07) is 5.89. The first kappa shape index (κ1) is 16.2. The van der Waals surface area contributed by atoms with Crippen LogP contribution in [-0.4, -0.2) is 60.1 Å². The maximum Gasteiger partial charge on any atom is 0.417 e. The minimum atomic E-state index is -0.818. The van der Waals surface area contributed by atoms with Crippen molar-refractivity contribution in [3.05, 3.63) is 30.1 Å². The van der Waals surface area contributed by atoms with Crippen LogP contribution in [0.1, 0.15) is 6.92 Å². The molecule has 0 bridgehead atoms. The number of benzene rings is 1. The van der Waals surface area contributed by atoms with E-state index in [2.05, 4.69) is 4.74 Å². The number of likely N-dealkylation sites (tertiary alicyclic amines) is 1. The van der Waals surface area contributed by atoms with E-state index in [9.17, 15) is 18.8 Å². The van der Waals surface area contributed by atoms with Crippen molar-refractivity contribution in [2.24, 2.45) is 5.92 Å². The van der Waals surface area contributed by atoms with Gasteiger partial charge in [-0.05, 0) is 19.1 Å². The Morgan fingerprint density at radius 2 is 2.08 bits per heavy atom. The van der Waals surface area contributed by atoms with Crippen molar-refractivity contribution < 1.29 is 28.2 Å². The Labute approximate surface area is 137 Å². The Morgan fingerprint density at radius 3 is 2.71 bits per heavy atom. The first-order valence-electron chi connectivity index (χ1n) is 7.63. The second kappa shape index (κ2) is 6.46. The first-order chi connectivity index (χ1) is 11.5. The lowest BCUT2D eigenvalue weighted by Crippen LogP contribution is -2.57. The summed E-state index contributed by atoms with van der Waals surface area (Å²) in [7, 11) is 0. The third-order valence-electron chi connectivity index (χ3n) is 4.04. The van der Waals surface area contributed by atoms with Gasteiger partial charge in [-0.1, -0.05) is 12.1 Å². The summed E-state index contributed by atoms with van der Waals surface area (Å²) < 4.78 is 23.5. The minimum Gasteiger partial charge on any atom is -0.478 e. The molecule has 2 fully saturated rings. The monoisotopic (exact) mass is 336 g/mol. The number of hydrogen-bond donors (Lipinski definition) is 0. The molecule has 2 aliphatic rings. The van der Waals surface area contributed by atoms with Gasteiger partial charge < -0.3 is 14.4 Å².